The summed E-state index contributed by atoms with van der Waals surface area (Å²) in [5.41, 5.74) is 2.76. The van der Waals surface area contributed by atoms with Gasteiger partial charge in [0, 0.05) is 42.0 Å². The van der Waals surface area contributed by atoms with Gasteiger partial charge >= 0.3 is 6.03 Å². The molecular formula is C26H26ClN3O4. The summed E-state index contributed by atoms with van der Waals surface area (Å²) in [6.45, 7) is 1.85. The van der Waals surface area contributed by atoms with Gasteiger partial charge in [-0.05, 0) is 60.5 Å². The lowest BCUT2D eigenvalue weighted by Crippen LogP contribution is -2.49. The number of halogens is 1. The van der Waals surface area contributed by atoms with Crippen LogP contribution in [0.4, 0.5) is 16.2 Å². The molecule has 0 atom stereocenters. The van der Waals surface area contributed by atoms with Gasteiger partial charge in [-0.25, -0.2) is 4.79 Å². The van der Waals surface area contributed by atoms with Crippen molar-refractivity contribution in [2.24, 2.45) is 0 Å². The lowest BCUT2D eigenvalue weighted by atomic mass is 10.1. The third kappa shape index (κ3) is 5.26. The largest absolute Gasteiger partial charge is 0.497 e. The fraction of sp³-hybridized carbons (Fsp3) is 0.231. The summed E-state index contributed by atoms with van der Waals surface area (Å²) in [5, 5.41) is 3.53. The first kappa shape index (κ1) is 23.4. The number of nitrogens with zero attached hydrogens (tertiary/aromatic N) is 2. The Balaban J connectivity index is 1.45. The standard InChI is InChI=1S/C26H26ClN3O4/c1-33-22-12-13-24(34-2)23(16-22)28-25(31)19-6-10-21(11-7-19)30-15-3-14-29(26(30)32)17-18-4-8-20(27)9-5-18/h4-13,16H,3,14-15,17H2,1-2H3,(H,28,31). The topological polar surface area (TPSA) is 71.1 Å². The fourth-order valence-electron chi connectivity index (χ4n) is 3.88. The van der Waals surface area contributed by atoms with Crippen LogP contribution in [0.15, 0.2) is 66.7 Å². The average molecular weight is 480 g/mol. The summed E-state index contributed by atoms with van der Waals surface area (Å²) < 4.78 is 10.6. The summed E-state index contributed by atoms with van der Waals surface area (Å²) in [7, 11) is 3.10. The Morgan fingerprint density at radius 3 is 2.38 bits per heavy atom. The molecule has 4 rings (SSSR count). The first-order chi connectivity index (χ1) is 16.5. The van der Waals surface area contributed by atoms with Crippen molar-refractivity contribution >= 4 is 34.9 Å². The van der Waals surface area contributed by atoms with E-state index in [1.165, 1.54) is 7.11 Å². The van der Waals surface area contributed by atoms with Crippen LogP contribution in [0.3, 0.4) is 0 Å². The van der Waals surface area contributed by atoms with Crippen molar-refractivity contribution in [1.82, 2.24) is 4.90 Å². The monoisotopic (exact) mass is 479 g/mol. The van der Waals surface area contributed by atoms with E-state index in [4.69, 9.17) is 21.1 Å². The molecule has 3 aromatic carbocycles. The Bertz CT molecular complexity index is 1170. The predicted octanol–water partition coefficient (Wildman–Crippen LogP) is 5.44. The number of hydrogen-bond donors (Lipinski definition) is 1. The van der Waals surface area contributed by atoms with E-state index in [2.05, 4.69) is 5.32 Å². The minimum absolute atomic E-state index is 0.0560. The summed E-state index contributed by atoms with van der Waals surface area (Å²) in [4.78, 5) is 29.5. The third-order valence-electron chi connectivity index (χ3n) is 5.69. The Kier molecular flexibility index (Phi) is 7.23. The minimum Gasteiger partial charge on any atom is -0.497 e. The molecule has 0 unspecified atom stereocenters. The van der Waals surface area contributed by atoms with Crippen LogP contribution in [0.2, 0.25) is 5.02 Å². The maximum absolute atomic E-state index is 13.1. The molecule has 1 fully saturated rings. The van der Waals surface area contributed by atoms with Crippen LogP contribution in [-0.2, 0) is 6.54 Å². The highest BCUT2D eigenvalue weighted by Crippen LogP contribution is 2.29. The van der Waals surface area contributed by atoms with E-state index in [0.717, 1.165) is 17.7 Å². The minimum atomic E-state index is -0.285. The zero-order chi connectivity index (χ0) is 24.1. The molecule has 0 saturated carbocycles. The molecule has 1 saturated heterocycles. The van der Waals surface area contributed by atoms with Crippen LogP contribution >= 0.6 is 11.6 Å². The lowest BCUT2D eigenvalue weighted by Gasteiger charge is -2.35. The van der Waals surface area contributed by atoms with Crippen LogP contribution < -0.4 is 19.7 Å². The number of carbonyl (C=O) groups excluding carboxylic acids is 2. The van der Waals surface area contributed by atoms with Gasteiger partial charge in [0.2, 0.25) is 0 Å². The highest BCUT2D eigenvalue weighted by Gasteiger charge is 2.27. The summed E-state index contributed by atoms with van der Waals surface area (Å²) >= 11 is 5.97. The van der Waals surface area contributed by atoms with E-state index in [-0.39, 0.29) is 11.9 Å². The van der Waals surface area contributed by atoms with Crippen LogP contribution in [0, 0.1) is 0 Å². The molecule has 1 heterocycles. The second kappa shape index (κ2) is 10.5. The number of urea groups is 1. The van der Waals surface area contributed by atoms with E-state index >= 15 is 0 Å². The molecule has 3 aromatic rings. The molecular weight excluding hydrogens is 454 g/mol. The second-order valence-electron chi connectivity index (χ2n) is 7.90. The van der Waals surface area contributed by atoms with Gasteiger partial charge < -0.3 is 19.7 Å². The molecule has 176 valence electrons. The van der Waals surface area contributed by atoms with E-state index in [1.807, 2.05) is 29.2 Å². The highest BCUT2D eigenvalue weighted by atomic mass is 35.5. The van der Waals surface area contributed by atoms with Gasteiger partial charge in [-0.3, -0.25) is 9.69 Å². The van der Waals surface area contributed by atoms with Gasteiger partial charge in [-0.1, -0.05) is 23.7 Å². The summed E-state index contributed by atoms with van der Waals surface area (Å²) in [5.74, 6) is 0.858. The molecule has 0 aromatic heterocycles. The van der Waals surface area contributed by atoms with Gasteiger partial charge in [-0.15, -0.1) is 0 Å². The number of ether oxygens (including phenoxy) is 2. The quantitative estimate of drug-likeness (QED) is 0.489. The van der Waals surface area contributed by atoms with Crippen LogP contribution in [0.1, 0.15) is 22.3 Å². The third-order valence-corrected chi connectivity index (χ3v) is 5.95. The number of carbonyl (C=O) groups is 2. The first-order valence-electron chi connectivity index (χ1n) is 10.9. The van der Waals surface area contributed by atoms with Crippen LogP contribution in [-0.4, -0.2) is 44.1 Å². The molecule has 0 bridgehead atoms. The van der Waals surface area contributed by atoms with Gasteiger partial charge in [0.15, 0.2) is 0 Å². The molecule has 1 aliphatic heterocycles. The highest BCUT2D eigenvalue weighted by molar-refractivity contribution is 6.30. The Hall–Kier alpha value is -3.71. The number of rotatable bonds is 7. The lowest BCUT2D eigenvalue weighted by molar-refractivity contribution is 0.102. The SMILES string of the molecule is COc1ccc(OC)c(NC(=O)c2ccc(N3CCCN(Cc4ccc(Cl)cc4)C3=O)cc2)c1. The molecule has 7 nitrogen and oxygen atoms in total. The number of methoxy groups -OCH3 is 2. The molecule has 3 amide bonds. The van der Waals surface area contributed by atoms with E-state index in [9.17, 15) is 9.59 Å². The van der Waals surface area contributed by atoms with Crippen molar-refractivity contribution in [3.8, 4) is 11.5 Å². The zero-order valence-corrected chi connectivity index (χ0v) is 19.8. The molecule has 1 N–H and O–H groups in total. The van der Waals surface area contributed by atoms with Crippen molar-refractivity contribution in [3.63, 3.8) is 0 Å². The van der Waals surface area contributed by atoms with Gasteiger partial charge in [0.05, 0.1) is 19.9 Å². The van der Waals surface area contributed by atoms with Crippen LogP contribution in [0.25, 0.3) is 0 Å². The van der Waals surface area contributed by atoms with Gasteiger partial charge in [-0.2, -0.15) is 0 Å². The van der Waals surface area contributed by atoms with Crippen LogP contribution in [0.5, 0.6) is 11.5 Å². The molecule has 8 heteroatoms. The predicted molar refractivity (Wildman–Crippen MR) is 133 cm³/mol. The maximum atomic E-state index is 13.1. The molecule has 0 spiro atoms. The average Bonchev–Trinajstić information content (AvgIpc) is 2.86. The Morgan fingerprint density at radius 2 is 1.71 bits per heavy atom. The van der Waals surface area contributed by atoms with E-state index < -0.39 is 0 Å². The van der Waals surface area contributed by atoms with Crippen molar-refractivity contribution < 1.29 is 19.1 Å². The normalized spacial score (nSPS) is 13.6. The number of amides is 3. The second-order valence-corrected chi connectivity index (χ2v) is 8.34. The van der Waals surface area contributed by atoms with Gasteiger partial charge in [0.1, 0.15) is 11.5 Å². The van der Waals surface area contributed by atoms with E-state index in [0.29, 0.717) is 47.4 Å². The van der Waals surface area contributed by atoms with Crippen molar-refractivity contribution in [2.45, 2.75) is 13.0 Å². The molecule has 1 aliphatic rings. The van der Waals surface area contributed by atoms with Crippen molar-refractivity contribution in [1.29, 1.82) is 0 Å². The smallest absolute Gasteiger partial charge is 0.324 e. The number of hydrogen-bond acceptors (Lipinski definition) is 4. The Labute approximate surface area is 203 Å². The maximum Gasteiger partial charge on any atom is 0.324 e. The summed E-state index contributed by atoms with van der Waals surface area (Å²) in [6, 6.07) is 19.7. The first-order valence-corrected chi connectivity index (χ1v) is 11.3. The van der Waals surface area contributed by atoms with Crippen molar-refractivity contribution in [3.05, 3.63) is 82.9 Å². The van der Waals surface area contributed by atoms with Crippen molar-refractivity contribution in [2.75, 3.05) is 37.5 Å². The number of benzene rings is 3. The fourth-order valence-corrected chi connectivity index (χ4v) is 4.00. The number of nitrogens with one attached hydrogen (secondary N) is 1. The molecule has 0 aliphatic carbocycles. The summed E-state index contributed by atoms with van der Waals surface area (Å²) in [6.07, 6.45) is 0.858. The molecule has 0 radical (unpaired) electrons. The Morgan fingerprint density at radius 1 is 0.971 bits per heavy atom. The van der Waals surface area contributed by atoms with E-state index in [1.54, 1.807) is 54.5 Å². The zero-order valence-electron chi connectivity index (χ0n) is 19.1. The molecule has 34 heavy (non-hydrogen) atoms. The van der Waals surface area contributed by atoms with Gasteiger partial charge in [0.25, 0.3) is 5.91 Å². The number of anilines is 2.